The minimum absolute atomic E-state index is 0.0202. The molecule has 3 N–H and O–H groups in total. The third kappa shape index (κ3) is 5.19. The van der Waals surface area contributed by atoms with Crippen LogP contribution >= 0.6 is 23.1 Å². The van der Waals surface area contributed by atoms with Crippen molar-refractivity contribution in [3.05, 3.63) is 25.8 Å². The summed E-state index contributed by atoms with van der Waals surface area (Å²) in [6, 6.07) is 0. The van der Waals surface area contributed by atoms with Crippen molar-refractivity contribution in [1.29, 1.82) is 0 Å². The molecular formula is C16H24N6O3S2. The van der Waals surface area contributed by atoms with Gasteiger partial charge in [0.25, 0.3) is 5.56 Å². The van der Waals surface area contributed by atoms with Gasteiger partial charge < -0.3 is 10.6 Å². The first-order chi connectivity index (χ1) is 12.9. The molecule has 2 heterocycles. The van der Waals surface area contributed by atoms with Crippen LogP contribution in [0.1, 0.15) is 38.1 Å². The van der Waals surface area contributed by atoms with E-state index in [1.54, 1.807) is 0 Å². The maximum Gasteiger partial charge on any atom is 0.330 e. The van der Waals surface area contributed by atoms with Crippen molar-refractivity contribution in [2.24, 2.45) is 0 Å². The number of nitrogen functional groups attached to an aromatic ring is 1. The van der Waals surface area contributed by atoms with Gasteiger partial charge in [-0.25, -0.2) is 4.79 Å². The number of nitrogens with zero attached hydrogens (tertiary/aromatic N) is 4. The first-order valence-corrected chi connectivity index (χ1v) is 10.5. The first-order valence-electron chi connectivity index (χ1n) is 8.74. The lowest BCUT2D eigenvalue weighted by Gasteiger charge is -2.24. The van der Waals surface area contributed by atoms with Crippen molar-refractivity contribution in [2.45, 2.75) is 50.9 Å². The summed E-state index contributed by atoms with van der Waals surface area (Å²) in [5.41, 5.74) is 4.94. The van der Waals surface area contributed by atoms with Crippen molar-refractivity contribution < 1.29 is 4.79 Å². The zero-order chi connectivity index (χ0) is 20.0. The van der Waals surface area contributed by atoms with Crippen molar-refractivity contribution in [2.75, 3.05) is 22.9 Å². The number of nitrogens with two attached hydrogens (primary N) is 1. The van der Waals surface area contributed by atoms with E-state index in [2.05, 4.69) is 15.2 Å². The lowest BCUT2D eigenvalue weighted by molar-refractivity contribution is -0.116. The normalized spacial score (nSPS) is 10.9. The minimum atomic E-state index is -0.647. The molecule has 0 saturated heterocycles. The van der Waals surface area contributed by atoms with Crippen LogP contribution in [0.4, 0.5) is 11.5 Å². The molecule has 0 aliphatic heterocycles. The van der Waals surface area contributed by atoms with Gasteiger partial charge in [0.15, 0.2) is 10.0 Å². The van der Waals surface area contributed by atoms with Gasteiger partial charge in [-0.3, -0.25) is 19.1 Å². The third-order valence-corrected chi connectivity index (χ3v) is 5.75. The number of aryl methyl sites for hydroxylation is 1. The molecule has 27 heavy (non-hydrogen) atoms. The molecule has 0 atom stereocenters. The highest BCUT2D eigenvalue weighted by atomic mass is 32.2. The van der Waals surface area contributed by atoms with E-state index in [0.717, 1.165) is 11.4 Å². The van der Waals surface area contributed by atoms with Crippen LogP contribution in [0.3, 0.4) is 0 Å². The number of hydrogen-bond donors (Lipinski definition) is 2. The molecule has 9 nitrogen and oxygen atoms in total. The highest BCUT2D eigenvalue weighted by molar-refractivity contribution is 8.01. The number of hydrogen-bond acceptors (Lipinski definition) is 8. The Hall–Kier alpha value is -2.14. The summed E-state index contributed by atoms with van der Waals surface area (Å²) in [7, 11) is 0. The Bertz CT molecular complexity index is 904. The van der Waals surface area contributed by atoms with Gasteiger partial charge in [0.05, 0.1) is 5.75 Å². The molecule has 1 amide bonds. The largest absolute Gasteiger partial charge is 0.383 e. The van der Waals surface area contributed by atoms with Crippen molar-refractivity contribution in [3.8, 4) is 0 Å². The Kier molecular flexibility index (Phi) is 7.60. The Labute approximate surface area is 165 Å². The fourth-order valence-electron chi connectivity index (χ4n) is 2.50. The number of unbranched alkanes of at least 4 members (excludes halogenated alkanes) is 1. The van der Waals surface area contributed by atoms with Gasteiger partial charge in [0.2, 0.25) is 5.91 Å². The average molecular weight is 413 g/mol. The van der Waals surface area contributed by atoms with Gasteiger partial charge in [-0.05, 0) is 19.8 Å². The lowest BCUT2D eigenvalue weighted by atomic mass is 10.2. The lowest BCUT2D eigenvalue weighted by Crippen LogP contribution is -2.42. The maximum atomic E-state index is 12.9. The summed E-state index contributed by atoms with van der Waals surface area (Å²) in [4.78, 5) is 41.0. The van der Waals surface area contributed by atoms with Crippen LogP contribution in [-0.4, -0.2) is 38.0 Å². The molecule has 0 aromatic carbocycles. The van der Waals surface area contributed by atoms with Gasteiger partial charge in [0, 0.05) is 13.1 Å². The van der Waals surface area contributed by atoms with Crippen molar-refractivity contribution in [3.63, 3.8) is 0 Å². The molecule has 0 spiro atoms. The first kappa shape index (κ1) is 21.2. The highest BCUT2D eigenvalue weighted by Crippen LogP contribution is 2.24. The van der Waals surface area contributed by atoms with E-state index in [4.69, 9.17) is 5.73 Å². The van der Waals surface area contributed by atoms with E-state index in [9.17, 15) is 14.4 Å². The Morgan fingerprint density at radius 1 is 1.30 bits per heavy atom. The number of carbonyl (C=O) groups is 1. The smallest absolute Gasteiger partial charge is 0.330 e. The van der Waals surface area contributed by atoms with Gasteiger partial charge in [-0.2, -0.15) is 0 Å². The monoisotopic (exact) mass is 412 g/mol. The minimum Gasteiger partial charge on any atom is -0.383 e. The van der Waals surface area contributed by atoms with Crippen LogP contribution in [0.15, 0.2) is 13.9 Å². The van der Waals surface area contributed by atoms with Gasteiger partial charge >= 0.3 is 5.69 Å². The van der Waals surface area contributed by atoms with Crippen molar-refractivity contribution >= 4 is 40.5 Å². The number of aromatic nitrogens is 4. The average Bonchev–Trinajstić information content (AvgIpc) is 3.04. The summed E-state index contributed by atoms with van der Waals surface area (Å²) in [6.45, 7) is 6.45. The standard InChI is InChI=1S/C16H24N6O3S2/c1-4-6-8-21(11(23)9-26-16-20-19-10(3)27-16)12-13(17)22(7-5-2)15(25)18-14(12)24/h4-9,17H2,1-3H3,(H,18,24,25). The van der Waals surface area contributed by atoms with Crippen LogP contribution < -0.4 is 21.9 Å². The zero-order valence-electron chi connectivity index (χ0n) is 15.7. The molecule has 0 fully saturated rings. The topological polar surface area (TPSA) is 127 Å². The molecule has 11 heteroatoms. The molecule has 2 rings (SSSR count). The Balaban J connectivity index is 2.34. The Morgan fingerprint density at radius 3 is 2.63 bits per heavy atom. The molecule has 148 valence electrons. The molecule has 0 bridgehead atoms. The number of rotatable bonds is 9. The van der Waals surface area contributed by atoms with Crippen LogP contribution in [0.5, 0.6) is 0 Å². The van der Waals surface area contributed by atoms with Crippen LogP contribution in [0.2, 0.25) is 0 Å². The molecular weight excluding hydrogens is 388 g/mol. The van der Waals surface area contributed by atoms with Gasteiger partial charge in [-0.15, -0.1) is 10.2 Å². The summed E-state index contributed by atoms with van der Waals surface area (Å²) < 4.78 is 1.98. The van der Waals surface area contributed by atoms with Crippen LogP contribution in [-0.2, 0) is 11.3 Å². The van der Waals surface area contributed by atoms with E-state index in [1.807, 2.05) is 20.8 Å². The van der Waals surface area contributed by atoms with Crippen LogP contribution in [0.25, 0.3) is 0 Å². The second kappa shape index (κ2) is 9.70. The fraction of sp³-hybridized carbons (Fsp3) is 0.562. The Morgan fingerprint density at radius 2 is 2.04 bits per heavy atom. The number of H-pyrrole nitrogens is 1. The second-order valence-corrected chi connectivity index (χ2v) is 8.32. The number of aromatic amines is 1. The number of amides is 1. The number of thioether (sulfide) groups is 1. The van der Waals surface area contributed by atoms with E-state index in [-0.39, 0.29) is 23.2 Å². The fourth-order valence-corrected chi connectivity index (χ4v) is 4.19. The summed E-state index contributed by atoms with van der Waals surface area (Å²) in [6.07, 6.45) is 2.23. The predicted octanol–water partition coefficient (Wildman–Crippen LogP) is 1.61. The van der Waals surface area contributed by atoms with Crippen LogP contribution in [0, 0.1) is 6.92 Å². The third-order valence-electron chi connectivity index (χ3n) is 3.79. The van der Waals surface area contributed by atoms with E-state index in [1.165, 1.54) is 32.6 Å². The summed E-state index contributed by atoms with van der Waals surface area (Å²) in [5, 5.41) is 8.74. The quantitative estimate of drug-likeness (QED) is 0.599. The zero-order valence-corrected chi connectivity index (χ0v) is 17.3. The van der Waals surface area contributed by atoms with E-state index >= 15 is 0 Å². The van der Waals surface area contributed by atoms with E-state index < -0.39 is 11.2 Å². The van der Waals surface area contributed by atoms with Gasteiger partial charge in [0.1, 0.15) is 10.8 Å². The van der Waals surface area contributed by atoms with Gasteiger partial charge in [-0.1, -0.05) is 43.4 Å². The second-order valence-electron chi connectivity index (χ2n) is 5.92. The summed E-state index contributed by atoms with van der Waals surface area (Å²) in [5.74, 6) is -0.142. The molecule has 2 aromatic rings. The number of carbonyl (C=O) groups excluding carboxylic acids is 1. The molecule has 0 aliphatic carbocycles. The molecule has 0 aliphatic rings. The summed E-state index contributed by atoms with van der Waals surface area (Å²) >= 11 is 2.67. The van der Waals surface area contributed by atoms with Crippen molar-refractivity contribution in [1.82, 2.24) is 19.7 Å². The van der Waals surface area contributed by atoms with E-state index in [0.29, 0.717) is 30.3 Å². The molecule has 2 aromatic heterocycles. The molecule has 0 unspecified atom stereocenters. The number of anilines is 2. The molecule has 0 radical (unpaired) electrons. The highest BCUT2D eigenvalue weighted by Gasteiger charge is 2.24. The predicted molar refractivity (Wildman–Crippen MR) is 109 cm³/mol. The maximum absolute atomic E-state index is 12.9. The molecule has 0 saturated carbocycles. The number of nitrogens with one attached hydrogen (secondary N) is 1. The SMILES string of the molecule is CCCCN(C(=O)CSc1nnc(C)s1)c1c(N)n(CCC)c(=O)[nH]c1=O.